The van der Waals surface area contributed by atoms with Crippen molar-refractivity contribution in [2.24, 2.45) is 0 Å². The molecule has 1 fully saturated rings. The summed E-state index contributed by atoms with van der Waals surface area (Å²) in [5.74, 6) is 0.594. The first-order valence-electron chi connectivity index (χ1n) is 7.21. The van der Waals surface area contributed by atoms with Crippen LogP contribution in [0.5, 0.6) is 5.75 Å². The molecule has 114 valence electrons. The molecule has 0 spiro atoms. The molecule has 1 aromatic carbocycles. The van der Waals surface area contributed by atoms with Crippen molar-refractivity contribution in [1.29, 1.82) is 5.26 Å². The van der Waals surface area contributed by atoms with E-state index in [1.54, 1.807) is 24.3 Å². The van der Waals surface area contributed by atoms with Crippen LogP contribution in [0.1, 0.15) is 25.8 Å². The number of rotatable bonds is 6. The molecule has 2 rings (SSSR count). The number of nitrogens with one attached hydrogen (secondary N) is 1. The van der Waals surface area contributed by atoms with E-state index in [0.717, 1.165) is 13.0 Å². The third-order valence-corrected chi connectivity index (χ3v) is 4.03. The fourth-order valence-electron chi connectivity index (χ4n) is 2.32. The third kappa shape index (κ3) is 4.18. The first kappa shape index (κ1) is 15.8. The van der Waals surface area contributed by atoms with Crippen LogP contribution in [0, 0.1) is 11.3 Å². The molecule has 1 aliphatic rings. The fraction of sp³-hybridized carbons (Fsp3) is 0.562. The summed E-state index contributed by atoms with van der Waals surface area (Å²) in [5, 5.41) is 22.2. The van der Waals surface area contributed by atoms with E-state index in [-0.39, 0.29) is 18.2 Å². The van der Waals surface area contributed by atoms with E-state index < -0.39 is 6.10 Å². The number of nitrogens with zero attached hydrogens (tertiary/aromatic N) is 1. The van der Waals surface area contributed by atoms with Gasteiger partial charge in [-0.3, -0.25) is 0 Å². The Morgan fingerprint density at radius 3 is 3.10 bits per heavy atom. The van der Waals surface area contributed by atoms with Gasteiger partial charge < -0.3 is 19.9 Å². The number of aliphatic hydroxyl groups is 1. The lowest BCUT2D eigenvalue weighted by molar-refractivity contribution is 0.0686. The summed E-state index contributed by atoms with van der Waals surface area (Å²) in [7, 11) is 0. The summed E-state index contributed by atoms with van der Waals surface area (Å²) in [6, 6.07) is 8.97. The second-order valence-electron chi connectivity index (χ2n) is 5.67. The van der Waals surface area contributed by atoms with Crippen molar-refractivity contribution in [2.75, 3.05) is 19.8 Å². The molecule has 0 amide bonds. The molecule has 0 aliphatic carbocycles. The van der Waals surface area contributed by atoms with Crippen LogP contribution in [0.15, 0.2) is 24.3 Å². The average Bonchev–Trinajstić information content (AvgIpc) is 2.83. The highest BCUT2D eigenvalue weighted by molar-refractivity contribution is 5.36. The molecule has 0 aromatic heterocycles. The van der Waals surface area contributed by atoms with Gasteiger partial charge in [0.2, 0.25) is 0 Å². The van der Waals surface area contributed by atoms with Gasteiger partial charge in [-0.25, -0.2) is 0 Å². The lowest BCUT2D eigenvalue weighted by Gasteiger charge is -2.30. The van der Waals surface area contributed by atoms with Crippen LogP contribution in [-0.2, 0) is 4.74 Å². The zero-order valence-electron chi connectivity index (χ0n) is 12.5. The van der Waals surface area contributed by atoms with E-state index in [4.69, 9.17) is 14.7 Å². The van der Waals surface area contributed by atoms with Crippen molar-refractivity contribution >= 4 is 0 Å². The number of β-amino-alcohol motifs (C(OH)–C–C–N with tert-alkyl or cyclic N) is 1. The number of ether oxygens (including phenoxy) is 2. The molecule has 1 aromatic rings. The standard InChI is InChI=1S/C16H22N2O3/c1-12-16(2,6-7-20-12)18-10-14(19)11-21-15-5-3-4-13(8-15)9-17/h3-5,8,12,14,18-19H,6-7,10-11H2,1-2H3. The van der Waals surface area contributed by atoms with Gasteiger partial charge in [-0.1, -0.05) is 6.07 Å². The van der Waals surface area contributed by atoms with Crippen molar-refractivity contribution in [2.45, 2.75) is 38.0 Å². The van der Waals surface area contributed by atoms with Crippen LogP contribution in [0.4, 0.5) is 0 Å². The molecule has 0 bridgehead atoms. The summed E-state index contributed by atoms with van der Waals surface area (Å²) < 4.78 is 11.1. The Balaban J connectivity index is 1.77. The molecule has 1 aliphatic heterocycles. The van der Waals surface area contributed by atoms with E-state index >= 15 is 0 Å². The summed E-state index contributed by atoms with van der Waals surface area (Å²) in [6.07, 6.45) is 0.463. The first-order chi connectivity index (χ1) is 10.0. The molecule has 5 heteroatoms. The van der Waals surface area contributed by atoms with E-state index in [1.807, 2.05) is 6.92 Å². The van der Waals surface area contributed by atoms with Crippen LogP contribution in [0.3, 0.4) is 0 Å². The molecular formula is C16H22N2O3. The minimum Gasteiger partial charge on any atom is -0.491 e. The molecule has 1 saturated heterocycles. The van der Waals surface area contributed by atoms with Crippen molar-refractivity contribution < 1.29 is 14.6 Å². The van der Waals surface area contributed by atoms with Gasteiger partial charge in [0.05, 0.1) is 17.7 Å². The maximum Gasteiger partial charge on any atom is 0.120 e. The maximum atomic E-state index is 10.0. The Kier molecular flexibility index (Phi) is 5.18. The molecule has 2 N–H and O–H groups in total. The predicted octanol–water partition coefficient (Wildman–Crippen LogP) is 1.46. The number of aliphatic hydroxyl groups excluding tert-OH is 1. The quantitative estimate of drug-likeness (QED) is 0.829. The van der Waals surface area contributed by atoms with Crippen LogP contribution in [-0.4, -0.2) is 42.6 Å². The van der Waals surface area contributed by atoms with Crippen LogP contribution < -0.4 is 10.1 Å². The van der Waals surface area contributed by atoms with Crippen LogP contribution in [0.25, 0.3) is 0 Å². The molecular weight excluding hydrogens is 268 g/mol. The number of hydrogen-bond donors (Lipinski definition) is 2. The molecule has 3 atom stereocenters. The zero-order chi connectivity index (χ0) is 15.3. The second-order valence-corrected chi connectivity index (χ2v) is 5.67. The van der Waals surface area contributed by atoms with Gasteiger partial charge in [0.25, 0.3) is 0 Å². The van der Waals surface area contributed by atoms with Crippen molar-refractivity contribution in [3.05, 3.63) is 29.8 Å². The van der Waals surface area contributed by atoms with Crippen molar-refractivity contribution in [3.8, 4) is 11.8 Å². The molecule has 0 radical (unpaired) electrons. The number of hydrogen-bond acceptors (Lipinski definition) is 5. The van der Waals surface area contributed by atoms with Crippen molar-refractivity contribution in [3.63, 3.8) is 0 Å². The van der Waals surface area contributed by atoms with Crippen molar-refractivity contribution in [1.82, 2.24) is 5.32 Å². The van der Waals surface area contributed by atoms with Gasteiger partial charge >= 0.3 is 0 Å². The highest BCUT2D eigenvalue weighted by Gasteiger charge is 2.36. The molecule has 21 heavy (non-hydrogen) atoms. The minimum absolute atomic E-state index is 0.0955. The first-order valence-corrected chi connectivity index (χ1v) is 7.21. The highest BCUT2D eigenvalue weighted by atomic mass is 16.5. The van der Waals surface area contributed by atoms with Gasteiger partial charge in [0.1, 0.15) is 18.5 Å². The van der Waals surface area contributed by atoms with E-state index in [2.05, 4.69) is 18.3 Å². The molecule has 0 saturated carbocycles. The van der Waals surface area contributed by atoms with Gasteiger partial charge in [0.15, 0.2) is 0 Å². The minimum atomic E-state index is -0.611. The van der Waals surface area contributed by atoms with Crippen LogP contribution >= 0.6 is 0 Å². The van der Waals surface area contributed by atoms with Gasteiger partial charge in [-0.15, -0.1) is 0 Å². The Morgan fingerprint density at radius 1 is 1.62 bits per heavy atom. The van der Waals surface area contributed by atoms with Gasteiger partial charge in [-0.05, 0) is 38.5 Å². The summed E-state index contributed by atoms with van der Waals surface area (Å²) >= 11 is 0. The lowest BCUT2D eigenvalue weighted by Crippen LogP contribution is -2.51. The second kappa shape index (κ2) is 6.90. The number of benzene rings is 1. The zero-order valence-corrected chi connectivity index (χ0v) is 12.5. The Labute approximate surface area is 125 Å². The largest absolute Gasteiger partial charge is 0.491 e. The summed E-state index contributed by atoms with van der Waals surface area (Å²) in [5.41, 5.74) is 0.450. The van der Waals surface area contributed by atoms with E-state index in [0.29, 0.717) is 17.9 Å². The lowest BCUT2D eigenvalue weighted by atomic mass is 9.94. The topological polar surface area (TPSA) is 74.5 Å². The predicted molar refractivity (Wildman–Crippen MR) is 79.1 cm³/mol. The van der Waals surface area contributed by atoms with Crippen LogP contribution in [0.2, 0.25) is 0 Å². The summed E-state index contributed by atoms with van der Waals surface area (Å²) in [6.45, 7) is 5.53. The number of nitriles is 1. The monoisotopic (exact) mass is 290 g/mol. The highest BCUT2D eigenvalue weighted by Crippen LogP contribution is 2.24. The van der Waals surface area contributed by atoms with E-state index in [1.165, 1.54) is 0 Å². The molecule has 1 heterocycles. The third-order valence-electron chi connectivity index (χ3n) is 4.03. The SMILES string of the molecule is CC1OCCC1(C)NCC(O)COc1cccc(C#N)c1. The Hall–Kier alpha value is -1.61. The fourth-order valence-corrected chi connectivity index (χ4v) is 2.32. The smallest absolute Gasteiger partial charge is 0.120 e. The maximum absolute atomic E-state index is 10.0. The Morgan fingerprint density at radius 2 is 2.43 bits per heavy atom. The average molecular weight is 290 g/mol. The van der Waals surface area contributed by atoms with Gasteiger partial charge in [-0.2, -0.15) is 5.26 Å². The summed E-state index contributed by atoms with van der Waals surface area (Å²) in [4.78, 5) is 0. The molecule has 3 unspecified atom stereocenters. The van der Waals surface area contributed by atoms with Gasteiger partial charge in [0, 0.05) is 18.7 Å². The normalized spacial score (nSPS) is 26.3. The Bertz CT molecular complexity index is 514. The molecule has 5 nitrogen and oxygen atoms in total. The van der Waals surface area contributed by atoms with E-state index in [9.17, 15) is 5.11 Å².